The summed E-state index contributed by atoms with van der Waals surface area (Å²) in [6.45, 7) is 9.78. The number of rotatable bonds is 9. The molecule has 90 valence electrons. The van der Waals surface area contributed by atoms with E-state index in [-0.39, 0.29) is 11.9 Å². The highest BCUT2D eigenvalue weighted by Crippen LogP contribution is 1.97. The third kappa shape index (κ3) is 6.47. The minimum absolute atomic E-state index is 0.216. The molecular weight excluding hydrogens is 190 g/mol. The lowest BCUT2D eigenvalue weighted by Gasteiger charge is -2.24. The van der Waals surface area contributed by atoms with Gasteiger partial charge in [0.05, 0.1) is 6.04 Å². The Morgan fingerprint density at radius 1 is 1.40 bits per heavy atom. The normalized spacial score (nSPS) is 13.1. The van der Waals surface area contributed by atoms with E-state index in [2.05, 4.69) is 24.1 Å². The Morgan fingerprint density at radius 2 is 2.07 bits per heavy atom. The third-order valence-electron chi connectivity index (χ3n) is 2.51. The number of likely N-dealkylation sites (N-methyl/N-ethyl adjacent to an activating group) is 2. The summed E-state index contributed by atoms with van der Waals surface area (Å²) in [5.41, 5.74) is 5.33. The summed E-state index contributed by atoms with van der Waals surface area (Å²) in [5.74, 6) is -0.258. The van der Waals surface area contributed by atoms with E-state index in [1.54, 1.807) is 0 Å². The van der Waals surface area contributed by atoms with Crippen LogP contribution in [0.3, 0.4) is 0 Å². The maximum Gasteiger partial charge on any atom is 0.235 e. The van der Waals surface area contributed by atoms with Crippen molar-refractivity contribution in [1.29, 1.82) is 0 Å². The van der Waals surface area contributed by atoms with Crippen molar-refractivity contribution in [2.75, 3.05) is 26.2 Å². The van der Waals surface area contributed by atoms with Gasteiger partial charge >= 0.3 is 0 Å². The Hall–Kier alpha value is -0.610. The quantitative estimate of drug-likeness (QED) is 0.591. The van der Waals surface area contributed by atoms with Crippen LogP contribution in [0.15, 0.2) is 0 Å². The minimum atomic E-state index is -0.258. The van der Waals surface area contributed by atoms with Gasteiger partial charge in [-0.05, 0) is 26.1 Å². The topological polar surface area (TPSA) is 58.4 Å². The van der Waals surface area contributed by atoms with E-state index < -0.39 is 0 Å². The molecule has 0 fully saturated rings. The summed E-state index contributed by atoms with van der Waals surface area (Å²) in [7, 11) is 0. The Labute approximate surface area is 93.2 Å². The van der Waals surface area contributed by atoms with Crippen LogP contribution in [-0.2, 0) is 4.79 Å². The molecule has 0 saturated carbocycles. The van der Waals surface area contributed by atoms with Gasteiger partial charge in [-0.3, -0.25) is 4.79 Å². The highest BCUT2D eigenvalue weighted by molar-refractivity contribution is 5.80. The number of nitrogens with two attached hydrogens (primary N) is 1. The molecule has 4 nitrogen and oxygen atoms in total. The van der Waals surface area contributed by atoms with Crippen LogP contribution in [0.2, 0.25) is 0 Å². The van der Waals surface area contributed by atoms with E-state index in [0.29, 0.717) is 0 Å². The number of unbranched alkanes of at least 4 members (excludes halogenated alkanes) is 1. The molecular formula is C11H25N3O. The Kier molecular flexibility index (Phi) is 8.33. The van der Waals surface area contributed by atoms with Gasteiger partial charge in [0.1, 0.15) is 0 Å². The van der Waals surface area contributed by atoms with Crippen molar-refractivity contribution in [1.82, 2.24) is 10.2 Å². The molecule has 1 unspecified atom stereocenters. The number of primary amides is 1. The van der Waals surface area contributed by atoms with Crippen molar-refractivity contribution in [2.45, 2.75) is 39.7 Å². The number of carbonyl (C=O) groups is 1. The summed E-state index contributed by atoms with van der Waals surface area (Å²) in [5, 5.41) is 3.11. The first-order valence-electron chi connectivity index (χ1n) is 5.90. The summed E-state index contributed by atoms with van der Waals surface area (Å²) in [6.07, 6.45) is 2.35. The lowest BCUT2D eigenvalue weighted by Crippen LogP contribution is -2.49. The monoisotopic (exact) mass is 215 g/mol. The maximum absolute atomic E-state index is 11.1. The number of amides is 1. The van der Waals surface area contributed by atoms with Crippen LogP contribution in [0.25, 0.3) is 0 Å². The maximum atomic E-state index is 11.1. The molecule has 0 spiro atoms. The van der Waals surface area contributed by atoms with Crippen molar-refractivity contribution < 1.29 is 4.79 Å². The second-order valence-corrected chi connectivity index (χ2v) is 3.76. The van der Waals surface area contributed by atoms with Crippen LogP contribution in [0.1, 0.15) is 33.6 Å². The molecule has 0 aliphatic rings. The number of hydrogen-bond acceptors (Lipinski definition) is 3. The van der Waals surface area contributed by atoms with Crippen molar-refractivity contribution in [3.63, 3.8) is 0 Å². The fourth-order valence-electron chi connectivity index (χ4n) is 1.52. The number of hydrogen-bond donors (Lipinski definition) is 2. The lowest BCUT2D eigenvalue weighted by molar-refractivity contribution is -0.120. The number of nitrogens with zero attached hydrogens (tertiary/aromatic N) is 1. The molecule has 0 radical (unpaired) electrons. The Morgan fingerprint density at radius 3 is 2.47 bits per heavy atom. The molecule has 1 atom stereocenters. The van der Waals surface area contributed by atoms with E-state index in [1.165, 1.54) is 12.8 Å². The fraction of sp³-hybridized carbons (Fsp3) is 0.909. The van der Waals surface area contributed by atoms with Crippen LogP contribution in [0.5, 0.6) is 0 Å². The highest BCUT2D eigenvalue weighted by Gasteiger charge is 2.16. The van der Waals surface area contributed by atoms with Crippen LogP contribution in [0, 0.1) is 0 Å². The molecule has 0 bridgehead atoms. The number of carbonyl (C=O) groups excluding carboxylic acids is 1. The zero-order valence-electron chi connectivity index (χ0n) is 10.3. The molecule has 0 saturated heterocycles. The Bertz CT molecular complexity index is 173. The largest absolute Gasteiger partial charge is 0.368 e. The van der Waals surface area contributed by atoms with Crippen LogP contribution < -0.4 is 11.1 Å². The summed E-state index contributed by atoms with van der Waals surface area (Å²) < 4.78 is 0. The Balaban J connectivity index is 4.03. The van der Waals surface area contributed by atoms with Gasteiger partial charge < -0.3 is 16.0 Å². The molecule has 15 heavy (non-hydrogen) atoms. The molecule has 0 heterocycles. The SMILES string of the molecule is CCCCN(CC)CC(NCC)C(N)=O. The molecule has 3 N–H and O–H groups in total. The first-order valence-corrected chi connectivity index (χ1v) is 5.90. The number of nitrogens with one attached hydrogen (secondary N) is 1. The smallest absolute Gasteiger partial charge is 0.235 e. The van der Waals surface area contributed by atoms with Crippen LogP contribution >= 0.6 is 0 Å². The lowest BCUT2D eigenvalue weighted by atomic mass is 10.2. The van der Waals surface area contributed by atoms with Crippen molar-refractivity contribution in [2.24, 2.45) is 5.73 Å². The van der Waals surface area contributed by atoms with Gasteiger partial charge in [-0.1, -0.05) is 27.2 Å². The van der Waals surface area contributed by atoms with Gasteiger partial charge in [-0.25, -0.2) is 0 Å². The second kappa shape index (κ2) is 8.68. The highest BCUT2D eigenvalue weighted by atomic mass is 16.1. The van der Waals surface area contributed by atoms with Crippen molar-refractivity contribution in [3.8, 4) is 0 Å². The zero-order chi connectivity index (χ0) is 11.7. The minimum Gasteiger partial charge on any atom is -0.368 e. The molecule has 0 aromatic heterocycles. The van der Waals surface area contributed by atoms with E-state index in [0.717, 1.165) is 26.2 Å². The van der Waals surface area contributed by atoms with Gasteiger partial charge in [0.25, 0.3) is 0 Å². The predicted molar refractivity (Wildman–Crippen MR) is 63.7 cm³/mol. The van der Waals surface area contributed by atoms with Crippen molar-refractivity contribution in [3.05, 3.63) is 0 Å². The molecule has 4 heteroatoms. The van der Waals surface area contributed by atoms with E-state index in [4.69, 9.17) is 5.73 Å². The summed E-state index contributed by atoms with van der Waals surface area (Å²) >= 11 is 0. The first-order chi connectivity index (χ1) is 7.15. The molecule has 0 aliphatic carbocycles. The van der Waals surface area contributed by atoms with Gasteiger partial charge in [-0.15, -0.1) is 0 Å². The van der Waals surface area contributed by atoms with E-state index in [1.807, 2.05) is 6.92 Å². The molecule has 0 rings (SSSR count). The van der Waals surface area contributed by atoms with Gasteiger partial charge in [-0.2, -0.15) is 0 Å². The zero-order valence-corrected chi connectivity index (χ0v) is 10.3. The fourth-order valence-corrected chi connectivity index (χ4v) is 1.52. The third-order valence-corrected chi connectivity index (χ3v) is 2.51. The van der Waals surface area contributed by atoms with Crippen LogP contribution in [-0.4, -0.2) is 43.0 Å². The van der Waals surface area contributed by atoms with Gasteiger partial charge in [0.2, 0.25) is 5.91 Å². The summed E-state index contributed by atoms with van der Waals surface area (Å²) in [6, 6.07) is -0.216. The average Bonchev–Trinajstić information content (AvgIpc) is 2.22. The second-order valence-electron chi connectivity index (χ2n) is 3.76. The average molecular weight is 215 g/mol. The predicted octanol–water partition coefficient (Wildman–Crippen LogP) is 0.572. The van der Waals surface area contributed by atoms with E-state index in [9.17, 15) is 4.79 Å². The summed E-state index contributed by atoms with van der Waals surface area (Å²) in [4.78, 5) is 13.4. The molecule has 1 amide bonds. The standard InChI is InChI=1S/C11H25N3O/c1-4-7-8-14(6-3)9-10(11(12)15)13-5-2/h10,13H,4-9H2,1-3H3,(H2,12,15). The molecule has 0 aliphatic heterocycles. The van der Waals surface area contributed by atoms with Gasteiger partial charge in [0, 0.05) is 6.54 Å². The van der Waals surface area contributed by atoms with E-state index >= 15 is 0 Å². The molecule has 0 aromatic carbocycles. The van der Waals surface area contributed by atoms with Crippen LogP contribution in [0.4, 0.5) is 0 Å². The van der Waals surface area contributed by atoms with Crippen molar-refractivity contribution >= 4 is 5.91 Å². The van der Waals surface area contributed by atoms with Gasteiger partial charge in [0.15, 0.2) is 0 Å². The first kappa shape index (κ1) is 14.4. The molecule has 0 aromatic rings.